The van der Waals surface area contributed by atoms with Gasteiger partial charge in [0.15, 0.2) is 0 Å². The number of halogens is 1. The molecule has 0 spiro atoms. The van der Waals surface area contributed by atoms with Crippen LogP contribution in [0.15, 0.2) is 103 Å². The highest BCUT2D eigenvalue weighted by atomic mass is 35.5. The van der Waals surface area contributed by atoms with Crippen LogP contribution in [-0.4, -0.2) is 4.98 Å². The standard InChI is InChI=1S/C28H18ClN/c29-27-20(18-8-2-1-3-9-18)12-7-14-23(27)22-13-6-10-19-16-17-24-21-11-4-5-15-25(21)30-28(24)26(19)22/h1-17,30H. The number of para-hydroxylation sites is 1. The van der Waals surface area contributed by atoms with Crippen molar-refractivity contribution in [2.45, 2.75) is 0 Å². The van der Waals surface area contributed by atoms with E-state index in [-0.39, 0.29) is 0 Å². The van der Waals surface area contributed by atoms with E-state index in [2.05, 4.69) is 89.9 Å². The van der Waals surface area contributed by atoms with Crippen molar-refractivity contribution in [3.8, 4) is 22.3 Å². The Kier molecular flexibility index (Phi) is 3.90. The first-order chi connectivity index (χ1) is 14.8. The van der Waals surface area contributed by atoms with Crippen molar-refractivity contribution in [1.29, 1.82) is 0 Å². The third kappa shape index (κ3) is 2.56. The summed E-state index contributed by atoms with van der Waals surface area (Å²) >= 11 is 7.00. The molecule has 2 heteroatoms. The zero-order valence-corrected chi connectivity index (χ0v) is 16.9. The summed E-state index contributed by atoms with van der Waals surface area (Å²) in [4.78, 5) is 3.65. The van der Waals surface area contributed by atoms with Crippen LogP contribution in [0.4, 0.5) is 0 Å². The van der Waals surface area contributed by atoms with Crippen LogP contribution in [0.3, 0.4) is 0 Å². The lowest BCUT2D eigenvalue weighted by Crippen LogP contribution is -1.87. The molecule has 0 atom stereocenters. The van der Waals surface area contributed by atoms with Gasteiger partial charge in [0.2, 0.25) is 0 Å². The smallest absolute Gasteiger partial charge is 0.0562 e. The molecule has 0 aliphatic heterocycles. The van der Waals surface area contributed by atoms with E-state index in [0.29, 0.717) is 0 Å². The summed E-state index contributed by atoms with van der Waals surface area (Å²) in [6.07, 6.45) is 0. The first-order valence-electron chi connectivity index (χ1n) is 10.1. The molecule has 0 aliphatic carbocycles. The third-order valence-electron chi connectivity index (χ3n) is 5.90. The zero-order chi connectivity index (χ0) is 20.1. The van der Waals surface area contributed by atoms with E-state index >= 15 is 0 Å². The van der Waals surface area contributed by atoms with Gasteiger partial charge in [-0.25, -0.2) is 0 Å². The van der Waals surface area contributed by atoms with Gasteiger partial charge < -0.3 is 4.98 Å². The molecule has 1 nitrogen and oxygen atoms in total. The number of fused-ring (bicyclic) bond motifs is 5. The molecule has 30 heavy (non-hydrogen) atoms. The fraction of sp³-hybridized carbons (Fsp3) is 0. The van der Waals surface area contributed by atoms with E-state index < -0.39 is 0 Å². The largest absolute Gasteiger partial charge is 0.354 e. The number of hydrogen-bond donors (Lipinski definition) is 1. The Balaban J connectivity index is 1.70. The van der Waals surface area contributed by atoms with E-state index in [9.17, 15) is 0 Å². The maximum Gasteiger partial charge on any atom is 0.0562 e. The molecule has 6 aromatic rings. The molecule has 1 heterocycles. The molecule has 0 bridgehead atoms. The average molecular weight is 404 g/mol. The van der Waals surface area contributed by atoms with Gasteiger partial charge >= 0.3 is 0 Å². The molecule has 0 unspecified atom stereocenters. The van der Waals surface area contributed by atoms with Crippen molar-refractivity contribution in [2.24, 2.45) is 0 Å². The predicted octanol–water partition coefficient (Wildman–Crippen LogP) is 8.46. The van der Waals surface area contributed by atoms with Crippen LogP contribution >= 0.6 is 11.6 Å². The Morgan fingerprint density at radius 1 is 0.533 bits per heavy atom. The Morgan fingerprint density at radius 2 is 1.27 bits per heavy atom. The molecule has 1 N–H and O–H groups in total. The normalized spacial score (nSPS) is 11.5. The van der Waals surface area contributed by atoms with Gasteiger partial charge in [0.05, 0.1) is 10.5 Å². The molecular formula is C28H18ClN. The van der Waals surface area contributed by atoms with Crippen LogP contribution in [0.5, 0.6) is 0 Å². The van der Waals surface area contributed by atoms with Crippen LogP contribution in [0.1, 0.15) is 0 Å². The van der Waals surface area contributed by atoms with Crippen molar-refractivity contribution in [2.75, 3.05) is 0 Å². The number of benzene rings is 5. The molecule has 0 aliphatic rings. The molecule has 0 fully saturated rings. The lowest BCUT2D eigenvalue weighted by molar-refractivity contribution is 1.56. The highest BCUT2D eigenvalue weighted by Crippen LogP contribution is 2.42. The van der Waals surface area contributed by atoms with Gasteiger partial charge in [0.1, 0.15) is 0 Å². The average Bonchev–Trinajstić information content (AvgIpc) is 3.18. The van der Waals surface area contributed by atoms with Crippen molar-refractivity contribution in [3.05, 3.63) is 108 Å². The second-order valence-corrected chi connectivity index (χ2v) is 7.97. The van der Waals surface area contributed by atoms with E-state index in [1.165, 1.54) is 21.5 Å². The maximum atomic E-state index is 7.00. The van der Waals surface area contributed by atoms with Crippen molar-refractivity contribution < 1.29 is 0 Å². The summed E-state index contributed by atoms with van der Waals surface area (Å²) in [5, 5.41) is 5.67. The van der Waals surface area contributed by atoms with Crippen molar-refractivity contribution in [3.63, 3.8) is 0 Å². The fourth-order valence-corrected chi connectivity index (χ4v) is 4.84. The number of H-pyrrole nitrogens is 1. The van der Waals surface area contributed by atoms with Crippen LogP contribution in [0.25, 0.3) is 54.8 Å². The second-order valence-electron chi connectivity index (χ2n) is 7.60. The SMILES string of the molecule is Clc1c(-c2ccccc2)cccc1-c1cccc2ccc3c4ccccc4[nH]c3c12. The molecule has 0 amide bonds. The molecule has 142 valence electrons. The van der Waals surface area contributed by atoms with Crippen molar-refractivity contribution >= 4 is 44.2 Å². The summed E-state index contributed by atoms with van der Waals surface area (Å²) in [6.45, 7) is 0. The van der Waals surface area contributed by atoms with Gasteiger partial charge in [-0.1, -0.05) is 109 Å². The predicted molar refractivity (Wildman–Crippen MR) is 129 cm³/mol. The van der Waals surface area contributed by atoms with Gasteiger partial charge in [-0.15, -0.1) is 0 Å². The van der Waals surface area contributed by atoms with Gasteiger partial charge in [-0.2, -0.15) is 0 Å². The maximum absolute atomic E-state index is 7.00. The molecule has 0 saturated heterocycles. The van der Waals surface area contributed by atoms with Crippen LogP contribution < -0.4 is 0 Å². The zero-order valence-electron chi connectivity index (χ0n) is 16.2. The molecule has 0 saturated carbocycles. The molecular weight excluding hydrogens is 386 g/mol. The summed E-state index contributed by atoms with van der Waals surface area (Å²) in [5.41, 5.74) is 6.68. The Morgan fingerprint density at radius 3 is 2.17 bits per heavy atom. The van der Waals surface area contributed by atoms with E-state index in [0.717, 1.165) is 38.3 Å². The fourth-order valence-electron chi connectivity index (χ4n) is 4.50. The number of aromatic nitrogens is 1. The van der Waals surface area contributed by atoms with Gasteiger partial charge in [0.25, 0.3) is 0 Å². The minimum absolute atomic E-state index is 0.782. The molecule has 0 radical (unpaired) electrons. The Bertz CT molecular complexity index is 1540. The number of aromatic amines is 1. The second kappa shape index (κ2) is 6.76. The van der Waals surface area contributed by atoms with E-state index in [4.69, 9.17) is 11.6 Å². The van der Waals surface area contributed by atoms with Crippen LogP contribution in [0, 0.1) is 0 Å². The van der Waals surface area contributed by atoms with Crippen LogP contribution in [-0.2, 0) is 0 Å². The number of nitrogens with one attached hydrogen (secondary N) is 1. The van der Waals surface area contributed by atoms with Gasteiger partial charge in [-0.05, 0) is 22.6 Å². The van der Waals surface area contributed by atoms with Gasteiger partial charge in [-0.3, -0.25) is 0 Å². The first-order valence-corrected chi connectivity index (χ1v) is 10.5. The first kappa shape index (κ1) is 17.3. The summed E-state index contributed by atoms with van der Waals surface area (Å²) < 4.78 is 0. The van der Waals surface area contributed by atoms with E-state index in [1.807, 2.05) is 18.2 Å². The lowest BCUT2D eigenvalue weighted by Gasteiger charge is -2.13. The summed E-state index contributed by atoms with van der Waals surface area (Å²) in [7, 11) is 0. The highest BCUT2D eigenvalue weighted by molar-refractivity contribution is 6.37. The highest BCUT2D eigenvalue weighted by Gasteiger charge is 2.15. The minimum Gasteiger partial charge on any atom is -0.354 e. The van der Waals surface area contributed by atoms with Gasteiger partial charge in [0, 0.05) is 32.8 Å². The van der Waals surface area contributed by atoms with Crippen LogP contribution in [0.2, 0.25) is 5.02 Å². The Labute approximate surface area is 179 Å². The molecule has 1 aromatic heterocycles. The Hall–Kier alpha value is -3.55. The number of hydrogen-bond acceptors (Lipinski definition) is 0. The summed E-state index contributed by atoms with van der Waals surface area (Å²) in [5.74, 6) is 0. The van der Waals surface area contributed by atoms with Crippen molar-refractivity contribution in [1.82, 2.24) is 4.98 Å². The van der Waals surface area contributed by atoms with E-state index in [1.54, 1.807) is 0 Å². The summed E-state index contributed by atoms with van der Waals surface area (Å²) in [6, 6.07) is 35.9. The number of rotatable bonds is 2. The lowest BCUT2D eigenvalue weighted by atomic mass is 9.94. The monoisotopic (exact) mass is 403 g/mol. The minimum atomic E-state index is 0.782. The quantitative estimate of drug-likeness (QED) is 0.298. The third-order valence-corrected chi connectivity index (χ3v) is 6.30. The molecule has 6 rings (SSSR count). The topological polar surface area (TPSA) is 15.8 Å². The molecule has 5 aromatic carbocycles.